The highest BCUT2D eigenvalue weighted by molar-refractivity contribution is 5.97. The second kappa shape index (κ2) is 6.39. The van der Waals surface area contributed by atoms with Gasteiger partial charge in [0.05, 0.1) is 5.56 Å². The minimum atomic E-state index is -0.571. The molecule has 1 aliphatic rings. The summed E-state index contributed by atoms with van der Waals surface area (Å²) < 4.78 is 4.96. The number of hydrogen-bond donors (Lipinski definition) is 0. The molecule has 112 valence electrons. The Bertz CT molecular complexity index is 569. The first-order valence-corrected chi connectivity index (χ1v) is 6.77. The number of nitrogens with zero attached hydrogens (tertiary/aromatic N) is 2. The summed E-state index contributed by atoms with van der Waals surface area (Å²) in [6.45, 7) is 0.370. The molecule has 2 amide bonds. The number of amides is 2. The fourth-order valence-corrected chi connectivity index (χ4v) is 2.06. The van der Waals surface area contributed by atoms with E-state index in [1.165, 1.54) is 4.90 Å². The van der Waals surface area contributed by atoms with E-state index in [1.54, 1.807) is 43.3 Å². The molecule has 0 aliphatic carbocycles. The van der Waals surface area contributed by atoms with Gasteiger partial charge in [0.1, 0.15) is 0 Å². The highest BCUT2D eigenvalue weighted by Crippen LogP contribution is 2.22. The molecule has 0 saturated carbocycles. The second-order valence-corrected chi connectivity index (χ2v) is 5.06. The SMILES string of the molecule is CN(C)C(=O)COC(=O)c1cccc(N2CCCC2=O)c1. The molecule has 0 N–H and O–H groups in total. The molecule has 1 saturated heterocycles. The number of carbonyl (C=O) groups is 3. The Balaban J connectivity index is 2.05. The maximum atomic E-state index is 11.9. The molecule has 1 aromatic rings. The smallest absolute Gasteiger partial charge is 0.338 e. The zero-order valence-corrected chi connectivity index (χ0v) is 12.2. The number of anilines is 1. The summed E-state index contributed by atoms with van der Waals surface area (Å²) in [5, 5.41) is 0. The Labute approximate surface area is 123 Å². The van der Waals surface area contributed by atoms with Gasteiger partial charge in [0.2, 0.25) is 5.91 Å². The van der Waals surface area contributed by atoms with E-state index < -0.39 is 5.97 Å². The van der Waals surface area contributed by atoms with Crippen molar-refractivity contribution in [2.24, 2.45) is 0 Å². The van der Waals surface area contributed by atoms with E-state index in [1.807, 2.05) is 0 Å². The largest absolute Gasteiger partial charge is 0.452 e. The van der Waals surface area contributed by atoms with E-state index in [-0.39, 0.29) is 18.4 Å². The summed E-state index contributed by atoms with van der Waals surface area (Å²) in [5.74, 6) is -0.795. The van der Waals surface area contributed by atoms with E-state index in [0.29, 0.717) is 24.2 Å². The topological polar surface area (TPSA) is 66.9 Å². The van der Waals surface area contributed by atoms with Crippen molar-refractivity contribution in [2.45, 2.75) is 12.8 Å². The van der Waals surface area contributed by atoms with Gasteiger partial charge < -0.3 is 14.5 Å². The van der Waals surface area contributed by atoms with Crippen molar-refractivity contribution in [3.05, 3.63) is 29.8 Å². The number of hydrogen-bond acceptors (Lipinski definition) is 4. The first-order chi connectivity index (χ1) is 9.99. The van der Waals surface area contributed by atoms with Crippen LogP contribution in [0, 0.1) is 0 Å². The molecule has 2 rings (SSSR count). The quantitative estimate of drug-likeness (QED) is 0.778. The molecule has 1 heterocycles. The van der Waals surface area contributed by atoms with Crippen LogP contribution in [0.3, 0.4) is 0 Å². The van der Waals surface area contributed by atoms with E-state index in [9.17, 15) is 14.4 Å². The molecule has 6 heteroatoms. The van der Waals surface area contributed by atoms with Gasteiger partial charge in [-0.1, -0.05) is 6.07 Å². The Morgan fingerprint density at radius 2 is 2.10 bits per heavy atom. The standard InChI is InChI=1S/C15H18N2O4/c1-16(2)14(19)10-21-15(20)11-5-3-6-12(9-11)17-8-4-7-13(17)18/h3,5-6,9H,4,7-8,10H2,1-2H3. The Morgan fingerprint density at radius 1 is 1.33 bits per heavy atom. The zero-order chi connectivity index (χ0) is 15.4. The van der Waals surface area contributed by atoms with Crippen molar-refractivity contribution in [3.8, 4) is 0 Å². The molecule has 0 radical (unpaired) electrons. The van der Waals surface area contributed by atoms with Gasteiger partial charge in [0, 0.05) is 32.7 Å². The zero-order valence-electron chi connectivity index (χ0n) is 12.2. The van der Waals surface area contributed by atoms with Crippen LogP contribution in [0.5, 0.6) is 0 Å². The summed E-state index contributed by atoms with van der Waals surface area (Å²) in [5.41, 5.74) is 1.02. The third-order valence-electron chi connectivity index (χ3n) is 3.29. The lowest BCUT2D eigenvalue weighted by Crippen LogP contribution is -2.27. The summed E-state index contributed by atoms with van der Waals surface area (Å²) in [6, 6.07) is 6.70. The van der Waals surface area contributed by atoms with E-state index >= 15 is 0 Å². The number of likely N-dealkylation sites (N-methyl/N-ethyl adjacent to an activating group) is 1. The van der Waals surface area contributed by atoms with Crippen molar-refractivity contribution in [1.82, 2.24) is 4.90 Å². The van der Waals surface area contributed by atoms with Gasteiger partial charge in [-0.2, -0.15) is 0 Å². The third-order valence-corrected chi connectivity index (χ3v) is 3.29. The van der Waals surface area contributed by atoms with Crippen molar-refractivity contribution in [1.29, 1.82) is 0 Å². The van der Waals surface area contributed by atoms with Crippen LogP contribution in [0.2, 0.25) is 0 Å². The fraction of sp³-hybridized carbons (Fsp3) is 0.400. The maximum Gasteiger partial charge on any atom is 0.338 e. The molecule has 1 aromatic carbocycles. The van der Waals surface area contributed by atoms with Crippen LogP contribution in [0.25, 0.3) is 0 Å². The monoisotopic (exact) mass is 290 g/mol. The van der Waals surface area contributed by atoms with Crippen LogP contribution in [-0.2, 0) is 14.3 Å². The van der Waals surface area contributed by atoms with Gasteiger partial charge in [-0.15, -0.1) is 0 Å². The lowest BCUT2D eigenvalue weighted by Gasteiger charge is -2.16. The first-order valence-electron chi connectivity index (χ1n) is 6.77. The molecule has 0 bridgehead atoms. The van der Waals surface area contributed by atoms with E-state index in [4.69, 9.17) is 4.74 Å². The number of carbonyl (C=O) groups excluding carboxylic acids is 3. The number of rotatable bonds is 4. The van der Waals surface area contributed by atoms with Crippen molar-refractivity contribution < 1.29 is 19.1 Å². The molecule has 1 fully saturated rings. The van der Waals surface area contributed by atoms with Gasteiger partial charge in [0.25, 0.3) is 5.91 Å². The van der Waals surface area contributed by atoms with Gasteiger partial charge in [0.15, 0.2) is 6.61 Å². The summed E-state index contributed by atoms with van der Waals surface area (Å²) >= 11 is 0. The average molecular weight is 290 g/mol. The molecule has 0 unspecified atom stereocenters. The van der Waals surface area contributed by atoms with Crippen LogP contribution >= 0.6 is 0 Å². The summed E-state index contributed by atoms with van der Waals surface area (Å²) in [7, 11) is 3.19. The highest BCUT2D eigenvalue weighted by atomic mass is 16.5. The molecule has 1 aliphatic heterocycles. The Hall–Kier alpha value is -2.37. The third kappa shape index (κ3) is 3.59. The predicted molar refractivity (Wildman–Crippen MR) is 77.0 cm³/mol. The van der Waals surface area contributed by atoms with Gasteiger partial charge in [-0.25, -0.2) is 4.79 Å². The van der Waals surface area contributed by atoms with E-state index in [0.717, 1.165) is 6.42 Å². The van der Waals surface area contributed by atoms with Crippen LogP contribution in [0.1, 0.15) is 23.2 Å². The minimum Gasteiger partial charge on any atom is -0.452 e. The predicted octanol–water partition coefficient (Wildman–Crippen LogP) is 1.06. The van der Waals surface area contributed by atoms with Crippen LogP contribution in [0.15, 0.2) is 24.3 Å². The molecule has 21 heavy (non-hydrogen) atoms. The van der Waals surface area contributed by atoms with Crippen molar-refractivity contribution in [3.63, 3.8) is 0 Å². The molecule has 6 nitrogen and oxygen atoms in total. The number of esters is 1. The number of benzene rings is 1. The van der Waals surface area contributed by atoms with Gasteiger partial charge in [-0.05, 0) is 24.6 Å². The van der Waals surface area contributed by atoms with Crippen LogP contribution in [-0.4, -0.2) is 49.9 Å². The fourth-order valence-electron chi connectivity index (χ4n) is 2.06. The summed E-state index contributed by atoms with van der Waals surface area (Å²) in [6.07, 6.45) is 1.36. The van der Waals surface area contributed by atoms with Crippen LogP contribution in [0.4, 0.5) is 5.69 Å². The van der Waals surface area contributed by atoms with Crippen molar-refractivity contribution in [2.75, 3.05) is 32.1 Å². The highest BCUT2D eigenvalue weighted by Gasteiger charge is 2.22. The maximum absolute atomic E-state index is 11.9. The first kappa shape index (κ1) is 15.0. The van der Waals surface area contributed by atoms with Gasteiger partial charge in [-0.3, -0.25) is 9.59 Å². The Morgan fingerprint density at radius 3 is 2.71 bits per heavy atom. The number of ether oxygens (including phenoxy) is 1. The molecule has 0 atom stereocenters. The minimum absolute atomic E-state index is 0.0586. The Kier molecular flexibility index (Phi) is 4.57. The molecular weight excluding hydrogens is 272 g/mol. The molecule has 0 spiro atoms. The average Bonchev–Trinajstić information content (AvgIpc) is 2.90. The van der Waals surface area contributed by atoms with E-state index in [2.05, 4.69) is 0 Å². The lowest BCUT2D eigenvalue weighted by atomic mass is 10.2. The molecular formula is C15H18N2O4. The van der Waals surface area contributed by atoms with Crippen LogP contribution < -0.4 is 4.90 Å². The normalized spacial score (nSPS) is 14.2. The van der Waals surface area contributed by atoms with Gasteiger partial charge >= 0.3 is 5.97 Å². The lowest BCUT2D eigenvalue weighted by molar-refractivity contribution is -0.132. The second-order valence-electron chi connectivity index (χ2n) is 5.06. The van der Waals surface area contributed by atoms with Crippen molar-refractivity contribution >= 4 is 23.5 Å². The summed E-state index contributed by atoms with van der Waals surface area (Å²) in [4.78, 5) is 38.0. The molecule has 0 aromatic heterocycles.